The molecule has 0 aliphatic heterocycles. The highest BCUT2D eigenvalue weighted by Gasteiger charge is 2.30. The lowest BCUT2D eigenvalue weighted by atomic mass is 10.2. The lowest BCUT2D eigenvalue weighted by Gasteiger charge is -2.18. The lowest BCUT2D eigenvalue weighted by molar-refractivity contribution is -0.104. The molecule has 0 atom stereocenters. The zero-order valence-electron chi connectivity index (χ0n) is 11.0. The molecule has 102 valence electrons. The Hall–Kier alpha value is -1.44. The summed E-state index contributed by atoms with van der Waals surface area (Å²) in [6.45, 7) is 3.96. The van der Waals surface area contributed by atoms with E-state index in [1.165, 1.54) is 0 Å². The maximum atomic E-state index is 12.7. The Balaban J connectivity index is 3.35. The zero-order valence-corrected chi connectivity index (χ0v) is 11.9. The van der Waals surface area contributed by atoms with E-state index in [0.29, 0.717) is 11.8 Å². The summed E-state index contributed by atoms with van der Waals surface area (Å²) >= 11 is 0. The fourth-order valence-corrected chi connectivity index (χ4v) is 3.25. The topological polar surface area (TPSA) is 52.6 Å². The van der Waals surface area contributed by atoms with Gasteiger partial charge >= 0.3 is 7.60 Å². The van der Waals surface area contributed by atoms with Crippen molar-refractivity contribution in [1.29, 1.82) is 0 Å². The van der Waals surface area contributed by atoms with Gasteiger partial charge in [0.05, 0.1) is 13.2 Å². The summed E-state index contributed by atoms with van der Waals surface area (Å²) in [4.78, 5) is 10.5. The molecule has 19 heavy (non-hydrogen) atoms. The van der Waals surface area contributed by atoms with E-state index in [1.807, 2.05) is 6.07 Å². The number of hydrogen-bond donors (Lipinski definition) is 0. The molecule has 0 aromatic heterocycles. The Morgan fingerprint density at radius 3 is 2.26 bits per heavy atom. The van der Waals surface area contributed by atoms with Crippen molar-refractivity contribution in [3.05, 3.63) is 47.7 Å². The molecular formula is C14H17O4P. The summed E-state index contributed by atoms with van der Waals surface area (Å²) in [6, 6.07) is 8.99. The first-order chi connectivity index (χ1) is 9.18. The maximum absolute atomic E-state index is 12.7. The Bertz CT molecular complexity index is 506. The molecule has 0 radical (unpaired) electrons. The van der Waals surface area contributed by atoms with Crippen molar-refractivity contribution in [3.63, 3.8) is 0 Å². The first kappa shape index (κ1) is 15.6. The summed E-state index contributed by atoms with van der Waals surface area (Å²) in [5, 5.41) is 0.268. The van der Waals surface area contributed by atoms with Gasteiger partial charge in [-0.15, -0.1) is 5.73 Å². The monoisotopic (exact) mass is 280 g/mol. The molecule has 0 amide bonds. The van der Waals surface area contributed by atoms with Crippen molar-refractivity contribution in [2.45, 2.75) is 13.8 Å². The average molecular weight is 280 g/mol. The maximum Gasteiger partial charge on any atom is 0.369 e. The van der Waals surface area contributed by atoms with E-state index in [9.17, 15) is 9.36 Å². The Morgan fingerprint density at radius 2 is 1.79 bits per heavy atom. The van der Waals surface area contributed by atoms with Crippen LogP contribution < -0.4 is 0 Å². The second-order valence-electron chi connectivity index (χ2n) is 3.49. The van der Waals surface area contributed by atoms with E-state index in [4.69, 9.17) is 9.05 Å². The SMILES string of the molecule is CCOP(=O)(OCC)C(=C=CC=O)c1ccccc1. The molecule has 0 bridgehead atoms. The third-order valence-corrected chi connectivity index (χ3v) is 4.34. The summed E-state index contributed by atoms with van der Waals surface area (Å²) in [5.74, 6) is 0. The van der Waals surface area contributed by atoms with Crippen molar-refractivity contribution >= 4 is 19.2 Å². The van der Waals surface area contributed by atoms with Crippen LogP contribution in [0.4, 0.5) is 0 Å². The third kappa shape index (κ3) is 4.30. The van der Waals surface area contributed by atoms with Crippen molar-refractivity contribution in [3.8, 4) is 0 Å². The number of carbonyl (C=O) groups excluding carboxylic acids is 1. The molecule has 0 N–H and O–H groups in total. The summed E-state index contributed by atoms with van der Waals surface area (Å²) in [5.41, 5.74) is 3.36. The van der Waals surface area contributed by atoms with Crippen LogP contribution in [0.15, 0.2) is 42.1 Å². The van der Waals surface area contributed by atoms with Crippen LogP contribution in [0.5, 0.6) is 0 Å². The molecule has 1 rings (SSSR count). The second kappa shape index (κ2) is 7.88. The van der Waals surface area contributed by atoms with E-state index in [0.717, 1.165) is 6.08 Å². The number of benzene rings is 1. The molecule has 5 heteroatoms. The molecule has 0 spiro atoms. The minimum absolute atomic E-state index is 0.246. The Labute approximate surface area is 113 Å². The molecule has 0 unspecified atom stereocenters. The molecule has 0 aliphatic carbocycles. The Morgan fingerprint density at radius 1 is 1.21 bits per heavy atom. The van der Waals surface area contributed by atoms with Gasteiger partial charge in [-0.1, -0.05) is 30.3 Å². The van der Waals surface area contributed by atoms with E-state index >= 15 is 0 Å². The highest BCUT2D eigenvalue weighted by atomic mass is 31.2. The largest absolute Gasteiger partial charge is 0.369 e. The molecule has 0 aliphatic rings. The van der Waals surface area contributed by atoms with Gasteiger partial charge in [-0.05, 0) is 19.4 Å². The highest BCUT2D eigenvalue weighted by Crippen LogP contribution is 2.59. The van der Waals surface area contributed by atoms with E-state index < -0.39 is 7.60 Å². The van der Waals surface area contributed by atoms with Gasteiger partial charge < -0.3 is 9.05 Å². The van der Waals surface area contributed by atoms with Gasteiger partial charge in [0.2, 0.25) is 0 Å². The number of rotatable bonds is 7. The predicted molar refractivity (Wildman–Crippen MR) is 74.9 cm³/mol. The van der Waals surface area contributed by atoms with Crippen LogP contribution in [0.25, 0.3) is 5.31 Å². The first-order valence-electron chi connectivity index (χ1n) is 6.03. The lowest BCUT2D eigenvalue weighted by Crippen LogP contribution is -1.98. The minimum Gasteiger partial charge on any atom is -0.305 e. The van der Waals surface area contributed by atoms with E-state index in [2.05, 4.69) is 5.73 Å². The van der Waals surface area contributed by atoms with Gasteiger partial charge in [-0.3, -0.25) is 9.36 Å². The van der Waals surface area contributed by atoms with E-state index in [1.54, 1.807) is 38.1 Å². The van der Waals surface area contributed by atoms with Crippen LogP contribution >= 0.6 is 7.60 Å². The van der Waals surface area contributed by atoms with Crippen LogP contribution in [0, 0.1) is 0 Å². The summed E-state index contributed by atoms with van der Waals surface area (Å²) in [7, 11) is -3.47. The van der Waals surface area contributed by atoms with Crippen molar-refractivity contribution < 1.29 is 18.4 Å². The molecule has 0 fully saturated rings. The van der Waals surface area contributed by atoms with Crippen LogP contribution in [-0.2, 0) is 18.4 Å². The fraction of sp³-hybridized carbons (Fsp3) is 0.286. The number of hydrogen-bond acceptors (Lipinski definition) is 4. The first-order valence-corrected chi connectivity index (χ1v) is 7.57. The molecule has 4 nitrogen and oxygen atoms in total. The van der Waals surface area contributed by atoms with Gasteiger partial charge in [-0.2, -0.15) is 0 Å². The zero-order chi connectivity index (χ0) is 14.1. The van der Waals surface area contributed by atoms with E-state index in [-0.39, 0.29) is 18.5 Å². The highest BCUT2D eigenvalue weighted by molar-refractivity contribution is 7.65. The predicted octanol–water partition coefficient (Wildman–Crippen LogP) is 3.65. The number of carbonyl (C=O) groups is 1. The standard InChI is InChI=1S/C14H17O4P/c1-3-17-19(16,18-4-2)14(11-8-12-15)13-9-6-5-7-10-13/h5-10,12H,3-4H2,1-2H3. The summed E-state index contributed by atoms with van der Waals surface area (Å²) < 4.78 is 23.3. The van der Waals surface area contributed by atoms with Crippen LogP contribution in [0.3, 0.4) is 0 Å². The van der Waals surface area contributed by atoms with Crippen molar-refractivity contribution in [1.82, 2.24) is 0 Å². The summed E-state index contributed by atoms with van der Waals surface area (Å²) in [6.07, 6.45) is 1.73. The minimum atomic E-state index is -3.47. The van der Waals surface area contributed by atoms with Gasteiger partial charge in [0.25, 0.3) is 0 Å². The van der Waals surface area contributed by atoms with Crippen molar-refractivity contribution in [2.24, 2.45) is 0 Å². The fourth-order valence-electron chi connectivity index (χ4n) is 1.54. The molecule has 1 aromatic rings. The third-order valence-electron chi connectivity index (χ3n) is 2.21. The second-order valence-corrected chi connectivity index (χ2v) is 5.45. The Kier molecular flexibility index (Phi) is 6.48. The van der Waals surface area contributed by atoms with Gasteiger partial charge in [0.1, 0.15) is 5.31 Å². The van der Waals surface area contributed by atoms with Gasteiger partial charge in [-0.25, -0.2) is 0 Å². The molecule has 0 heterocycles. The molecule has 0 saturated carbocycles. The molecule has 1 aromatic carbocycles. The number of aldehydes is 1. The van der Waals surface area contributed by atoms with Gasteiger partial charge in [0, 0.05) is 6.08 Å². The average Bonchev–Trinajstić information content (AvgIpc) is 2.41. The van der Waals surface area contributed by atoms with Crippen molar-refractivity contribution in [2.75, 3.05) is 13.2 Å². The normalized spacial score (nSPS) is 10.6. The quantitative estimate of drug-likeness (QED) is 0.331. The molecule has 0 saturated heterocycles. The van der Waals surface area contributed by atoms with Crippen LogP contribution in [0.2, 0.25) is 0 Å². The number of allylic oxidation sites excluding steroid dienone is 1. The van der Waals surface area contributed by atoms with Gasteiger partial charge in [0.15, 0.2) is 6.29 Å². The van der Waals surface area contributed by atoms with Crippen LogP contribution in [-0.4, -0.2) is 19.5 Å². The van der Waals surface area contributed by atoms with Crippen LogP contribution in [0.1, 0.15) is 19.4 Å². The smallest absolute Gasteiger partial charge is 0.305 e. The molecular weight excluding hydrogens is 263 g/mol.